The van der Waals surface area contributed by atoms with E-state index < -0.39 is 11.5 Å². The summed E-state index contributed by atoms with van der Waals surface area (Å²) >= 11 is 5.20. The number of amides is 1. The van der Waals surface area contributed by atoms with Crippen molar-refractivity contribution in [2.75, 3.05) is 20.3 Å². The van der Waals surface area contributed by atoms with Crippen LogP contribution in [0.4, 0.5) is 0 Å². The molecule has 1 atom stereocenters. The highest BCUT2D eigenvalue weighted by atomic mass is 32.1. The summed E-state index contributed by atoms with van der Waals surface area (Å²) in [5.41, 5.74) is 0.323. The molecule has 2 aromatic rings. The van der Waals surface area contributed by atoms with Crippen LogP contribution in [0.15, 0.2) is 23.0 Å². The molecule has 2 heterocycles. The van der Waals surface area contributed by atoms with Crippen LogP contribution in [0.1, 0.15) is 23.2 Å². The quantitative estimate of drug-likeness (QED) is 0.598. The largest absolute Gasteiger partial charge is 0.465 e. The van der Waals surface area contributed by atoms with Crippen molar-refractivity contribution in [2.45, 2.75) is 25.5 Å². The first-order chi connectivity index (χ1) is 12.5. The number of benzene rings is 1. The maximum Gasteiger partial charge on any atom is 0.337 e. The Kier molecular flexibility index (Phi) is 5.48. The number of aromatic nitrogens is 2. The van der Waals surface area contributed by atoms with Crippen molar-refractivity contribution in [3.8, 4) is 0 Å². The van der Waals surface area contributed by atoms with Crippen LogP contribution in [0.5, 0.6) is 0 Å². The molecule has 3 rings (SSSR count). The number of nitrogens with one attached hydrogen (secondary N) is 2. The Hall–Kier alpha value is -2.52. The number of nitrogens with zero attached hydrogens (tertiary/aromatic N) is 1. The second-order valence-electron chi connectivity index (χ2n) is 6.01. The zero-order valence-corrected chi connectivity index (χ0v) is 15.1. The number of H-pyrrole nitrogens is 1. The number of aromatic amines is 1. The SMILES string of the molecule is COC(=O)c1ccc2c(=O)n(CC(=O)NCC3CCCO3)c(=S)[nH]c2c1. The molecular weight excluding hydrogens is 358 g/mol. The second kappa shape index (κ2) is 7.79. The molecule has 0 spiro atoms. The van der Waals surface area contributed by atoms with Crippen LogP contribution in [0.2, 0.25) is 0 Å². The van der Waals surface area contributed by atoms with Gasteiger partial charge in [0.1, 0.15) is 6.54 Å². The first kappa shape index (κ1) is 18.3. The topological polar surface area (TPSA) is 102 Å². The molecule has 1 aliphatic rings. The number of hydrogen-bond donors (Lipinski definition) is 2. The van der Waals surface area contributed by atoms with Gasteiger partial charge in [-0.3, -0.25) is 14.2 Å². The molecule has 1 aliphatic heterocycles. The molecule has 0 radical (unpaired) electrons. The average molecular weight is 377 g/mol. The van der Waals surface area contributed by atoms with Crippen LogP contribution in [-0.4, -0.2) is 47.8 Å². The van der Waals surface area contributed by atoms with E-state index in [1.807, 2.05) is 0 Å². The van der Waals surface area contributed by atoms with Crippen LogP contribution < -0.4 is 10.9 Å². The van der Waals surface area contributed by atoms with Crippen LogP contribution >= 0.6 is 12.2 Å². The molecule has 1 aromatic carbocycles. The van der Waals surface area contributed by atoms with Crippen LogP contribution in [-0.2, 0) is 20.8 Å². The lowest BCUT2D eigenvalue weighted by Crippen LogP contribution is -2.37. The molecule has 2 N–H and O–H groups in total. The summed E-state index contributed by atoms with van der Waals surface area (Å²) in [5, 5.41) is 3.09. The Bertz CT molecular complexity index is 959. The van der Waals surface area contributed by atoms with E-state index in [0.717, 1.165) is 12.8 Å². The third-order valence-electron chi connectivity index (χ3n) is 4.26. The molecular formula is C17H19N3O5S. The van der Waals surface area contributed by atoms with E-state index in [9.17, 15) is 14.4 Å². The second-order valence-corrected chi connectivity index (χ2v) is 6.40. The molecule has 1 saturated heterocycles. The zero-order valence-electron chi connectivity index (χ0n) is 14.2. The van der Waals surface area contributed by atoms with Crippen LogP contribution in [0, 0.1) is 4.77 Å². The van der Waals surface area contributed by atoms with Crippen molar-refractivity contribution in [1.82, 2.24) is 14.9 Å². The average Bonchev–Trinajstić information content (AvgIpc) is 3.16. The highest BCUT2D eigenvalue weighted by molar-refractivity contribution is 7.71. The van der Waals surface area contributed by atoms with E-state index in [4.69, 9.17) is 17.0 Å². The number of hydrogen-bond acceptors (Lipinski definition) is 6. The van der Waals surface area contributed by atoms with Gasteiger partial charge in [0.25, 0.3) is 5.56 Å². The van der Waals surface area contributed by atoms with Gasteiger partial charge in [-0.25, -0.2) is 4.79 Å². The van der Waals surface area contributed by atoms with E-state index in [0.29, 0.717) is 29.6 Å². The molecule has 1 aromatic heterocycles. The summed E-state index contributed by atoms with van der Waals surface area (Å²) in [6.07, 6.45) is 1.93. The van der Waals surface area contributed by atoms with Crippen LogP contribution in [0.3, 0.4) is 0 Å². The fourth-order valence-corrected chi connectivity index (χ4v) is 3.13. The lowest BCUT2D eigenvalue weighted by Gasteiger charge is -2.12. The van der Waals surface area contributed by atoms with Crippen LogP contribution in [0.25, 0.3) is 10.9 Å². The number of carbonyl (C=O) groups is 2. The minimum atomic E-state index is -0.510. The first-order valence-corrected chi connectivity index (χ1v) is 8.64. The smallest absolute Gasteiger partial charge is 0.337 e. The third kappa shape index (κ3) is 3.83. The van der Waals surface area contributed by atoms with Crippen molar-refractivity contribution in [3.05, 3.63) is 38.9 Å². The van der Waals surface area contributed by atoms with Gasteiger partial charge in [-0.05, 0) is 43.3 Å². The number of rotatable bonds is 5. The van der Waals surface area contributed by atoms with Gasteiger partial charge in [0, 0.05) is 13.2 Å². The Morgan fingerprint density at radius 3 is 2.96 bits per heavy atom. The number of fused-ring (bicyclic) bond motifs is 1. The Morgan fingerprint density at radius 1 is 1.46 bits per heavy atom. The normalized spacial score (nSPS) is 16.6. The molecule has 9 heteroatoms. The Balaban J connectivity index is 1.82. The third-order valence-corrected chi connectivity index (χ3v) is 4.58. The maximum atomic E-state index is 12.7. The lowest BCUT2D eigenvalue weighted by atomic mass is 10.1. The fourth-order valence-electron chi connectivity index (χ4n) is 2.88. The van der Waals surface area contributed by atoms with Crippen molar-refractivity contribution in [2.24, 2.45) is 0 Å². The number of methoxy groups -OCH3 is 1. The van der Waals surface area contributed by atoms with Crippen molar-refractivity contribution >= 4 is 35.0 Å². The molecule has 1 amide bonds. The Labute approximate surface area is 154 Å². The molecule has 0 saturated carbocycles. The molecule has 1 unspecified atom stereocenters. The van der Waals surface area contributed by atoms with Crippen molar-refractivity contribution in [1.29, 1.82) is 0 Å². The minimum absolute atomic E-state index is 0.0264. The summed E-state index contributed by atoms with van der Waals surface area (Å²) in [6, 6.07) is 4.50. The van der Waals surface area contributed by atoms with E-state index in [1.54, 1.807) is 0 Å². The van der Waals surface area contributed by atoms with Gasteiger partial charge >= 0.3 is 5.97 Å². The predicted octanol–water partition coefficient (Wildman–Crippen LogP) is 1.14. The molecule has 138 valence electrons. The molecule has 26 heavy (non-hydrogen) atoms. The standard InChI is InChI=1S/C17H19N3O5S/c1-24-16(23)10-4-5-12-13(7-10)19-17(26)20(15(12)22)9-14(21)18-8-11-3-2-6-25-11/h4-5,7,11H,2-3,6,8-9H2,1H3,(H,18,21)(H,19,26). The zero-order chi connectivity index (χ0) is 18.7. The van der Waals surface area contributed by atoms with Gasteiger partial charge in [-0.1, -0.05) is 0 Å². The highest BCUT2D eigenvalue weighted by Gasteiger charge is 2.17. The van der Waals surface area contributed by atoms with E-state index in [-0.39, 0.29) is 23.3 Å². The monoisotopic (exact) mass is 377 g/mol. The van der Waals surface area contributed by atoms with Crippen molar-refractivity contribution < 1.29 is 19.1 Å². The first-order valence-electron chi connectivity index (χ1n) is 8.23. The van der Waals surface area contributed by atoms with Crippen molar-refractivity contribution in [3.63, 3.8) is 0 Å². The molecule has 0 bridgehead atoms. The van der Waals surface area contributed by atoms with E-state index in [2.05, 4.69) is 15.0 Å². The number of esters is 1. The molecule has 1 fully saturated rings. The lowest BCUT2D eigenvalue weighted by molar-refractivity contribution is -0.122. The summed E-state index contributed by atoms with van der Waals surface area (Å²) in [4.78, 5) is 39.3. The summed E-state index contributed by atoms with van der Waals surface area (Å²) in [6.45, 7) is 0.944. The summed E-state index contributed by atoms with van der Waals surface area (Å²) in [5.74, 6) is -0.823. The van der Waals surface area contributed by atoms with Gasteiger partial charge < -0.3 is 19.8 Å². The van der Waals surface area contributed by atoms with Gasteiger partial charge in [0.05, 0.1) is 29.7 Å². The highest BCUT2D eigenvalue weighted by Crippen LogP contribution is 2.12. The number of carbonyl (C=O) groups excluding carboxylic acids is 2. The van der Waals surface area contributed by atoms with E-state index in [1.165, 1.54) is 29.9 Å². The number of ether oxygens (including phenoxy) is 2. The molecule has 0 aliphatic carbocycles. The Morgan fingerprint density at radius 2 is 2.27 bits per heavy atom. The minimum Gasteiger partial charge on any atom is -0.465 e. The molecule has 8 nitrogen and oxygen atoms in total. The van der Waals surface area contributed by atoms with Gasteiger partial charge in [0.2, 0.25) is 5.91 Å². The van der Waals surface area contributed by atoms with Gasteiger partial charge in [-0.2, -0.15) is 0 Å². The maximum absolute atomic E-state index is 12.7. The fraction of sp³-hybridized carbons (Fsp3) is 0.412. The summed E-state index contributed by atoms with van der Waals surface area (Å²) in [7, 11) is 1.28. The van der Waals surface area contributed by atoms with Gasteiger partial charge in [0.15, 0.2) is 4.77 Å². The summed E-state index contributed by atoms with van der Waals surface area (Å²) < 4.78 is 11.4. The van der Waals surface area contributed by atoms with Gasteiger partial charge in [-0.15, -0.1) is 0 Å². The predicted molar refractivity (Wildman–Crippen MR) is 96.7 cm³/mol. The van der Waals surface area contributed by atoms with E-state index >= 15 is 0 Å².